The fraction of sp³-hybridized carbons (Fsp3) is 0.111. The van der Waals surface area contributed by atoms with E-state index >= 15 is 0 Å². The van der Waals surface area contributed by atoms with Gasteiger partial charge in [0.1, 0.15) is 0 Å². The van der Waals surface area contributed by atoms with E-state index in [0.717, 1.165) is 0 Å². The Morgan fingerprint density at radius 2 is 2.00 bits per heavy atom. The second-order valence-corrected chi connectivity index (χ2v) is 2.55. The highest BCUT2D eigenvalue weighted by atomic mass is 16.1. The number of ketones is 2. The molecule has 0 aromatic heterocycles. The van der Waals surface area contributed by atoms with Gasteiger partial charge in [0.25, 0.3) is 0 Å². The van der Waals surface area contributed by atoms with Gasteiger partial charge in [0.2, 0.25) is 0 Å². The van der Waals surface area contributed by atoms with Crippen LogP contribution in [0.3, 0.4) is 0 Å². The number of carbonyl (C=O) groups is 2. The Labute approximate surface area is 63.9 Å². The topological polar surface area (TPSA) is 34.1 Å². The first-order valence-electron chi connectivity index (χ1n) is 3.45. The third kappa shape index (κ3) is 0.792. The summed E-state index contributed by atoms with van der Waals surface area (Å²) in [5, 5.41) is 0. The number of rotatable bonds is 0. The summed E-state index contributed by atoms with van der Waals surface area (Å²) in [5.74, 6) is 0.00560. The molecule has 0 heterocycles. The number of Topliss-reactive ketones (excluding diaryl/α,β-unsaturated/α-hetero) is 1. The van der Waals surface area contributed by atoms with Crippen LogP contribution in [0, 0.1) is 0 Å². The fourth-order valence-electron chi connectivity index (χ4n) is 1.30. The molecule has 11 heavy (non-hydrogen) atoms. The highest BCUT2D eigenvalue weighted by Crippen LogP contribution is 2.25. The molecule has 0 saturated carbocycles. The second-order valence-electron chi connectivity index (χ2n) is 2.55. The molecule has 0 spiro atoms. The number of hydrogen-bond donors (Lipinski definition) is 0. The summed E-state index contributed by atoms with van der Waals surface area (Å²) in [6.45, 7) is 0. The summed E-state index contributed by atoms with van der Waals surface area (Å²) in [5.41, 5.74) is 1.16. The van der Waals surface area contributed by atoms with Crippen LogP contribution in [0.5, 0.6) is 0 Å². The van der Waals surface area contributed by atoms with Crippen molar-refractivity contribution in [2.75, 3.05) is 0 Å². The molecule has 2 heteroatoms. The summed E-state index contributed by atoms with van der Waals surface area (Å²) < 4.78 is 0. The van der Waals surface area contributed by atoms with E-state index in [1.54, 1.807) is 18.2 Å². The first-order valence-corrected chi connectivity index (χ1v) is 3.45. The number of hydrogen-bond acceptors (Lipinski definition) is 2. The van der Waals surface area contributed by atoms with Crippen LogP contribution in [0.2, 0.25) is 0 Å². The van der Waals surface area contributed by atoms with Gasteiger partial charge in [-0.3, -0.25) is 9.59 Å². The van der Waals surface area contributed by atoms with Crippen molar-refractivity contribution in [3.8, 4) is 0 Å². The molecule has 2 rings (SSSR count). The van der Waals surface area contributed by atoms with Gasteiger partial charge in [0.15, 0.2) is 11.6 Å². The monoisotopic (exact) mass is 146 g/mol. The van der Waals surface area contributed by atoms with Gasteiger partial charge in [0, 0.05) is 17.6 Å². The van der Waals surface area contributed by atoms with Gasteiger partial charge in [-0.15, -0.1) is 0 Å². The van der Waals surface area contributed by atoms with Crippen LogP contribution in [-0.2, 0) is 9.59 Å². The van der Waals surface area contributed by atoms with Gasteiger partial charge in [-0.25, -0.2) is 0 Å². The van der Waals surface area contributed by atoms with Crippen LogP contribution in [0.4, 0.5) is 0 Å². The molecule has 0 saturated heterocycles. The Balaban J connectivity index is 2.54. The Bertz CT molecular complexity index is 329. The van der Waals surface area contributed by atoms with Gasteiger partial charge < -0.3 is 0 Å². The van der Waals surface area contributed by atoms with E-state index in [4.69, 9.17) is 0 Å². The molecular formula is C9H6O2. The van der Waals surface area contributed by atoms with Crippen molar-refractivity contribution >= 4 is 11.6 Å². The van der Waals surface area contributed by atoms with E-state index in [2.05, 4.69) is 0 Å². The molecule has 0 radical (unpaired) electrons. The minimum atomic E-state index is -0.0478. The number of carbonyl (C=O) groups excluding carboxylic acids is 2. The van der Waals surface area contributed by atoms with Crippen molar-refractivity contribution in [3.05, 3.63) is 35.5 Å². The van der Waals surface area contributed by atoms with Crippen molar-refractivity contribution in [2.24, 2.45) is 0 Å². The third-order valence-electron chi connectivity index (χ3n) is 1.86. The van der Waals surface area contributed by atoms with Crippen molar-refractivity contribution < 1.29 is 9.59 Å². The van der Waals surface area contributed by atoms with Crippen molar-refractivity contribution in [3.63, 3.8) is 0 Å². The third-order valence-corrected chi connectivity index (χ3v) is 1.86. The molecule has 2 nitrogen and oxygen atoms in total. The number of allylic oxidation sites excluding steroid dienone is 6. The van der Waals surface area contributed by atoms with Crippen molar-refractivity contribution in [1.82, 2.24) is 0 Å². The van der Waals surface area contributed by atoms with Crippen LogP contribution < -0.4 is 0 Å². The van der Waals surface area contributed by atoms with Gasteiger partial charge in [0.05, 0.1) is 0 Å². The van der Waals surface area contributed by atoms with Crippen molar-refractivity contribution in [2.45, 2.75) is 6.42 Å². The molecule has 2 aliphatic carbocycles. The molecule has 0 aromatic carbocycles. The predicted octanol–water partition coefficient (Wildman–Crippen LogP) is 0.951. The van der Waals surface area contributed by atoms with Crippen LogP contribution in [0.15, 0.2) is 35.5 Å². The molecule has 0 aromatic rings. The largest absolute Gasteiger partial charge is 0.294 e. The molecule has 2 aliphatic rings. The van der Waals surface area contributed by atoms with Crippen molar-refractivity contribution in [1.29, 1.82) is 0 Å². The lowest BCUT2D eigenvalue weighted by Crippen LogP contribution is -2.06. The zero-order valence-electron chi connectivity index (χ0n) is 5.83. The van der Waals surface area contributed by atoms with E-state index in [0.29, 0.717) is 17.6 Å². The lowest BCUT2D eigenvalue weighted by atomic mass is 10.00. The Morgan fingerprint density at radius 3 is 2.73 bits per heavy atom. The zero-order chi connectivity index (χ0) is 7.84. The maximum absolute atomic E-state index is 11.1. The lowest BCUT2D eigenvalue weighted by Gasteiger charge is -2.02. The van der Waals surface area contributed by atoms with Gasteiger partial charge in [-0.05, 0) is 6.08 Å². The van der Waals surface area contributed by atoms with E-state index in [9.17, 15) is 9.59 Å². The summed E-state index contributed by atoms with van der Waals surface area (Å²) in [4.78, 5) is 22.1. The molecule has 0 amide bonds. The number of fused-ring (bicyclic) bond motifs is 1. The van der Waals surface area contributed by atoms with Crippen LogP contribution in [0.1, 0.15) is 6.42 Å². The zero-order valence-corrected chi connectivity index (χ0v) is 5.83. The molecule has 54 valence electrons. The molecule has 0 aliphatic heterocycles. The maximum atomic E-state index is 11.1. The molecular weight excluding hydrogens is 140 g/mol. The molecule has 0 atom stereocenters. The summed E-state index contributed by atoms with van der Waals surface area (Å²) in [6, 6.07) is 0. The minimum absolute atomic E-state index is 0.0478. The smallest absolute Gasteiger partial charge is 0.186 e. The van der Waals surface area contributed by atoms with Gasteiger partial charge >= 0.3 is 0 Å². The average molecular weight is 146 g/mol. The second kappa shape index (κ2) is 2.02. The highest BCUT2D eigenvalue weighted by Gasteiger charge is 2.25. The average Bonchev–Trinajstić information content (AvgIpc) is 2.35. The SMILES string of the molecule is O=C1C=CC=C2C(=O)CC=C12. The maximum Gasteiger partial charge on any atom is 0.186 e. The van der Waals surface area contributed by atoms with Crippen LogP contribution in [0.25, 0.3) is 0 Å². The summed E-state index contributed by atoms with van der Waals surface area (Å²) >= 11 is 0. The van der Waals surface area contributed by atoms with E-state index in [-0.39, 0.29) is 11.6 Å². The Kier molecular flexibility index (Phi) is 1.15. The van der Waals surface area contributed by atoms with Gasteiger partial charge in [-0.1, -0.05) is 18.2 Å². The highest BCUT2D eigenvalue weighted by molar-refractivity contribution is 6.20. The van der Waals surface area contributed by atoms with E-state index in [1.807, 2.05) is 0 Å². The van der Waals surface area contributed by atoms with Gasteiger partial charge in [-0.2, -0.15) is 0 Å². The molecule has 0 N–H and O–H groups in total. The van der Waals surface area contributed by atoms with E-state index in [1.165, 1.54) is 6.08 Å². The molecule has 0 bridgehead atoms. The molecule has 0 fully saturated rings. The summed E-state index contributed by atoms with van der Waals surface area (Å²) in [7, 11) is 0. The summed E-state index contributed by atoms with van der Waals surface area (Å²) in [6.07, 6.45) is 6.88. The lowest BCUT2D eigenvalue weighted by molar-refractivity contribution is -0.115. The standard InChI is InChI=1S/C9H6O2/c10-8-3-1-2-6-7(8)4-5-9(6)11/h1-4H,5H2. The Hall–Kier alpha value is -1.44. The van der Waals surface area contributed by atoms with Crippen LogP contribution >= 0.6 is 0 Å². The Morgan fingerprint density at radius 1 is 1.18 bits per heavy atom. The first kappa shape index (κ1) is 6.28. The van der Waals surface area contributed by atoms with E-state index < -0.39 is 0 Å². The first-order chi connectivity index (χ1) is 5.29. The minimum Gasteiger partial charge on any atom is -0.294 e. The predicted molar refractivity (Wildman–Crippen MR) is 39.9 cm³/mol. The normalized spacial score (nSPS) is 21.5. The quantitative estimate of drug-likeness (QED) is 0.510. The molecule has 0 unspecified atom stereocenters. The van der Waals surface area contributed by atoms with Crippen LogP contribution in [-0.4, -0.2) is 11.6 Å². The fourth-order valence-corrected chi connectivity index (χ4v) is 1.30.